The highest BCUT2D eigenvalue weighted by Gasteiger charge is 2.42. The Morgan fingerprint density at radius 3 is 2.68 bits per heavy atom. The van der Waals surface area contributed by atoms with Gasteiger partial charge in [-0.15, -0.1) is 0 Å². The molecular formula is C22H21NO5. The molecule has 28 heavy (non-hydrogen) atoms. The fraction of sp³-hybridized carbons (Fsp3) is 0.273. The maximum atomic E-state index is 13.4. The second kappa shape index (κ2) is 7.13. The summed E-state index contributed by atoms with van der Waals surface area (Å²) < 4.78 is 16.4. The van der Waals surface area contributed by atoms with Crippen LogP contribution in [0.4, 0.5) is 0 Å². The third-order valence-corrected chi connectivity index (χ3v) is 5.07. The molecule has 0 fully saturated rings. The number of nitrogens with zero attached hydrogens (tertiary/aromatic N) is 1. The summed E-state index contributed by atoms with van der Waals surface area (Å²) in [5.74, 6) is 0.454. The second-order valence-electron chi connectivity index (χ2n) is 6.84. The Bertz CT molecular complexity index is 1120. The lowest BCUT2D eigenvalue weighted by Crippen LogP contribution is -2.32. The van der Waals surface area contributed by atoms with Crippen molar-refractivity contribution >= 4 is 16.9 Å². The predicted molar refractivity (Wildman–Crippen MR) is 105 cm³/mol. The Labute approximate surface area is 162 Å². The highest BCUT2D eigenvalue weighted by atomic mass is 16.5. The first-order chi connectivity index (χ1) is 13.5. The molecule has 2 aromatic carbocycles. The Morgan fingerprint density at radius 1 is 1.11 bits per heavy atom. The molecule has 144 valence electrons. The van der Waals surface area contributed by atoms with Gasteiger partial charge in [0.25, 0.3) is 5.91 Å². The molecule has 1 aliphatic heterocycles. The molecule has 0 spiro atoms. The van der Waals surface area contributed by atoms with E-state index >= 15 is 0 Å². The first-order valence-corrected chi connectivity index (χ1v) is 9.06. The van der Waals surface area contributed by atoms with Gasteiger partial charge < -0.3 is 18.8 Å². The molecule has 6 heteroatoms. The Kier molecular flexibility index (Phi) is 4.65. The van der Waals surface area contributed by atoms with E-state index in [4.69, 9.17) is 13.9 Å². The van der Waals surface area contributed by atoms with E-state index in [9.17, 15) is 9.59 Å². The fourth-order valence-corrected chi connectivity index (χ4v) is 3.71. The van der Waals surface area contributed by atoms with Crippen molar-refractivity contribution in [3.8, 4) is 5.75 Å². The first-order valence-electron chi connectivity index (χ1n) is 9.06. The number of amides is 1. The molecule has 0 aliphatic carbocycles. The van der Waals surface area contributed by atoms with Gasteiger partial charge in [-0.3, -0.25) is 9.59 Å². The van der Waals surface area contributed by atoms with Gasteiger partial charge in [-0.1, -0.05) is 23.8 Å². The summed E-state index contributed by atoms with van der Waals surface area (Å²) in [4.78, 5) is 28.1. The van der Waals surface area contributed by atoms with Crippen molar-refractivity contribution in [1.82, 2.24) is 4.90 Å². The summed E-state index contributed by atoms with van der Waals surface area (Å²) in [5, 5.41) is 0.480. The Morgan fingerprint density at radius 2 is 1.93 bits per heavy atom. The van der Waals surface area contributed by atoms with Crippen molar-refractivity contribution in [3.63, 3.8) is 0 Å². The number of carbonyl (C=O) groups excluding carboxylic acids is 1. The highest BCUT2D eigenvalue weighted by Crippen LogP contribution is 2.38. The molecule has 2 heterocycles. The number of fused-ring (bicyclic) bond motifs is 2. The minimum Gasteiger partial charge on any atom is -0.497 e. The van der Waals surface area contributed by atoms with Crippen LogP contribution in [-0.2, 0) is 4.74 Å². The number of methoxy groups -OCH3 is 2. The zero-order chi connectivity index (χ0) is 19.8. The van der Waals surface area contributed by atoms with E-state index in [0.29, 0.717) is 35.4 Å². The Hall–Kier alpha value is -3.12. The van der Waals surface area contributed by atoms with Crippen molar-refractivity contribution in [2.75, 3.05) is 27.4 Å². The summed E-state index contributed by atoms with van der Waals surface area (Å²) in [6.45, 7) is 2.62. The van der Waals surface area contributed by atoms with E-state index in [1.165, 1.54) is 0 Å². The fourth-order valence-electron chi connectivity index (χ4n) is 3.71. The van der Waals surface area contributed by atoms with Gasteiger partial charge >= 0.3 is 0 Å². The van der Waals surface area contributed by atoms with Crippen LogP contribution in [0.5, 0.6) is 5.75 Å². The maximum Gasteiger partial charge on any atom is 0.290 e. The number of carbonyl (C=O) groups is 1. The quantitative estimate of drug-likeness (QED) is 0.680. The second-order valence-corrected chi connectivity index (χ2v) is 6.84. The third-order valence-electron chi connectivity index (χ3n) is 5.07. The molecule has 1 aliphatic rings. The van der Waals surface area contributed by atoms with E-state index in [2.05, 4.69) is 0 Å². The maximum absolute atomic E-state index is 13.4. The number of hydrogen-bond acceptors (Lipinski definition) is 5. The number of hydrogen-bond donors (Lipinski definition) is 0. The van der Waals surface area contributed by atoms with E-state index in [-0.39, 0.29) is 17.1 Å². The van der Waals surface area contributed by atoms with Crippen molar-refractivity contribution in [1.29, 1.82) is 0 Å². The average Bonchev–Trinajstić information content (AvgIpc) is 2.99. The highest BCUT2D eigenvalue weighted by molar-refractivity contribution is 5.99. The van der Waals surface area contributed by atoms with Crippen LogP contribution in [0.3, 0.4) is 0 Å². The summed E-state index contributed by atoms with van der Waals surface area (Å²) in [7, 11) is 3.16. The van der Waals surface area contributed by atoms with Gasteiger partial charge in [0.1, 0.15) is 11.3 Å². The van der Waals surface area contributed by atoms with Crippen molar-refractivity contribution < 1.29 is 18.7 Å². The van der Waals surface area contributed by atoms with Gasteiger partial charge in [-0.05, 0) is 36.8 Å². The average molecular weight is 379 g/mol. The molecule has 1 amide bonds. The minimum atomic E-state index is -0.547. The lowest BCUT2D eigenvalue weighted by molar-refractivity contribution is 0.0663. The number of rotatable bonds is 5. The summed E-state index contributed by atoms with van der Waals surface area (Å²) in [6.07, 6.45) is 0. The number of ether oxygens (including phenoxy) is 2. The third kappa shape index (κ3) is 2.86. The largest absolute Gasteiger partial charge is 0.497 e. The normalized spacial score (nSPS) is 15.9. The molecule has 1 aromatic heterocycles. The van der Waals surface area contributed by atoms with E-state index < -0.39 is 6.04 Å². The van der Waals surface area contributed by atoms with Crippen LogP contribution in [0.1, 0.15) is 33.3 Å². The van der Waals surface area contributed by atoms with Crippen molar-refractivity contribution in [3.05, 3.63) is 75.1 Å². The molecule has 1 unspecified atom stereocenters. The van der Waals surface area contributed by atoms with Crippen molar-refractivity contribution in [2.24, 2.45) is 0 Å². The first kappa shape index (κ1) is 18.3. The lowest BCUT2D eigenvalue weighted by Gasteiger charge is -2.25. The molecule has 4 rings (SSSR count). The van der Waals surface area contributed by atoms with Crippen LogP contribution in [0.2, 0.25) is 0 Å². The predicted octanol–water partition coefficient (Wildman–Crippen LogP) is 3.30. The van der Waals surface area contributed by atoms with Gasteiger partial charge in [-0.2, -0.15) is 0 Å². The zero-order valence-corrected chi connectivity index (χ0v) is 16.0. The topological polar surface area (TPSA) is 69.0 Å². The Balaban J connectivity index is 1.97. The van der Waals surface area contributed by atoms with Crippen LogP contribution in [-0.4, -0.2) is 38.2 Å². The lowest BCUT2D eigenvalue weighted by atomic mass is 9.98. The summed E-state index contributed by atoms with van der Waals surface area (Å²) in [5.41, 5.74) is 2.36. The standard InChI is InChI=1S/C22H21NO5/c1-13-7-8-17-16(11-13)20(24)18-19(14-5-4-6-15(12-14)27-3)23(9-10-26-2)22(25)21(18)28-17/h4-8,11-12,19H,9-10H2,1-3H3. The summed E-state index contributed by atoms with van der Waals surface area (Å²) >= 11 is 0. The van der Waals surface area contributed by atoms with Gasteiger partial charge in [0.05, 0.1) is 30.7 Å². The van der Waals surface area contributed by atoms with Crippen molar-refractivity contribution in [2.45, 2.75) is 13.0 Å². The monoisotopic (exact) mass is 379 g/mol. The molecule has 0 saturated carbocycles. The van der Waals surface area contributed by atoms with Crippen LogP contribution < -0.4 is 10.2 Å². The van der Waals surface area contributed by atoms with E-state index in [1.54, 1.807) is 31.3 Å². The van der Waals surface area contributed by atoms with Gasteiger partial charge in [0.15, 0.2) is 5.43 Å². The molecule has 6 nitrogen and oxygen atoms in total. The number of benzene rings is 2. The van der Waals surface area contributed by atoms with Crippen LogP contribution >= 0.6 is 0 Å². The molecule has 1 atom stereocenters. The minimum absolute atomic E-state index is 0.102. The molecule has 0 N–H and O–H groups in total. The molecular weight excluding hydrogens is 358 g/mol. The SMILES string of the molecule is COCCN1C(=O)c2oc3ccc(C)cc3c(=O)c2C1c1cccc(OC)c1. The van der Waals surface area contributed by atoms with Crippen LogP contribution in [0.25, 0.3) is 11.0 Å². The molecule has 0 bridgehead atoms. The number of aryl methyl sites for hydroxylation is 1. The van der Waals surface area contributed by atoms with Gasteiger partial charge in [-0.25, -0.2) is 0 Å². The zero-order valence-electron chi connectivity index (χ0n) is 16.0. The molecule has 0 saturated heterocycles. The van der Waals surface area contributed by atoms with E-state index in [0.717, 1.165) is 11.1 Å². The van der Waals surface area contributed by atoms with Gasteiger partial charge in [0, 0.05) is 13.7 Å². The van der Waals surface area contributed by atoms with Crippen LogP contribution in [0, 0.1) is 6.92 Å². The smallest absolute Gasteiger partial charge is 0.290 e. The van der Waals surface area contributed by atoms with E-state index in [1.807, 2.05) is 37.3 Å². The molecule has 3 aromatic rings. The summed E-state index contributed by atoms with van der Waals surface area (Å²) in [6, 6.07) is 12.2. The van der Waals surface area contributed by atoms with Gasteiger partial charge in [0.2, 0.25) is 5.76 Å². The molecule has 0 radical (unpaired) electrons. The van der Waals surface area contributed by atoms with Crippen LogP contribution in [0.15, 0.2) is 51.7 Å².